The lowest BCUT2D eigenvalue weighted by Gasteiger charge is -2.18. The molecule has 3 aromatic rings. The minimum absolute atomic E-state index is 0.170. The third kappa shape index (κ3) is 3.39. The lowest BCUT2D eigenvalue weighted by Crippen LogP contribution is -2.34. The maximum Gasteiger partial charge on any atom is 0.350 e. The summed E-state index contributed by atoms with van der Waals surface area (Å²) in [6.45, 7) is 1.67. The molecule has 0 saturated carbocycles. The van der Waals surface area contributed by atoms with Crippen molar-refractivity contribution in [1.29, 1.82) is 0 Å². The highest BCUT2D eigenvalue weighted by Gasteiger charge is 2.17. The summed E-state index contributed by atoms with van der Waals surface area (Å²) in [5, 5.41) is 7.01. The highest BCUT2D eigenvalue weighted by Crippen LogP contribution is 2.29. The van der Waals surface area contributed by atoms with Crippen molar-refractivity contribution in [3.63, 3.8) is 0 Å². The van der Waals surface area contributed by atoms with E-state index in [0.29, 0.717) is 17.1 Å². The van der Waals surface area contributed by atoms with Gasteiger partial charge in [0.05, 0.1) is 20.3 Å². The Morgan fingerprint density at radius 2 is 2.04 bits per heavy atom. The maximum atomic E-state index is 12.4. The summed E-state index contributed by atoms with van der Waals surface area (Å²) < 4.78 is 13.1. The van der Waals surface area contributed by atoms with E-state index in [4.69, 9.17) is 9.47 Å². The molecule has 0 radical (unpaired) electrons. The predicted molar refractivity (Wildman–Crippen MR) is 95.6 cm³/mol. The van der Waals surface area contributed by atoms with E-state index in [1.54, 1.807) is 56.8 Å². The van der Waals surface area contributed by atoms with E-state index in [1.807, 2.05) is 6.92 Å². The normalized spacial score (nSPS) is 12.0. The Bertz CT molecular complexity index is 992. The number of pyridine rings is 1. The molecule has 1 atom stereocenters. The molecular weight excluding hydrogens is 336 g/mol. The zero-order valence-electron chi connectivity index (χ0n) is 14.8. The first-order valence-corrected chi connectivity index (χ1v) is 8.09. The molecule has 1 amide bonds. The molecule has 0 aliphatic heterocycles. The minimum Gasteiger partial charge on any atom is -0.497 e. The Hall–Kier alpha value is -3.29. The van der Waals surface area contributed by atoms with E-state index in [2.05, 4.69) is 10.4 Å². The number of carbonyl (C=O) groups is 1. The third-order valence-corrected chi connectivity index (χ3v) is 4.06. The van der Waals surface area contributed by atoms with Gasteiger partial charge in [-0.15, -0.1) is 5.10 Å². The molecular formula is C18H20N4O4. The largest absolute Gasteiger partial charge is 0.497 e. The number of ether oxygens (including phenoxy) is 2. The molecule has 0 spiro atoms. The fourth-order valence-electron chi connectivity index (χ4n) is 2.75. The topological polar surface area (TPSA) is 86.9 Å². The Morgan fingerprint density at radius 3 is 2.73 bits per heavy atom. The van der Waals surface area contributed by atoms with Crippen LogP contribution in [0.15, 0.2) is 47.4 Å². The minimum atomic E-state index is -0.359. The van der Waals surface area contributed by atoms with E-state index < -0.39 is 0 Å². The monoisotopic (exact) mass is 356 g/mol. The molecule has 8 heteroatoms. The van der Waals surface area contributed by atoms with Crippen LogP contribution in [-0.2, 0) is 11.3 Å². The molecule has 0 saturated heterocycles. The Morgan fingerprint density at radius 1 is 1.23 bits per heavy atom. The average molecular weight is 356 g/mol. The molecule has 0 aliphatic carbocycles. The van der Waals surface area contributed by atoms with Crippen molar-refractivity contribution < 1.29 is 14.3 Å². The van der Waals surface area contributed by atoms with Gasteiger partial charge in [0.25, 0.3) is 0 Å². The SMILES string of the molecule is COc1ccc(OC)c(C(C)NC(=O)Cn2nc3ccccn3c2=O)c1. The molecule has 2 heterocycles. The number of fused-ring (bicyclic) bond motifs is 1. The zero-order valence-corrected chi connectivity index (χ0v) is 14.8. The van der Waals surface area contributed by atoms with Crippen molar-refractivity contribution in [2.75, 3.05) is 14.2 Å². The van der Waals surface area contributed by atoms with Crippen molar-refractivity contribution in [3.05, 3.63) is 58.6 Å². The maximum absolute atomic E-state index is 12.4. The highest BCUT2D eigenvalue weighted by molar-refractivity contribution is 5.76. The number of aromatic nitrogens is 3. The van der Waals surface area contributed by atoms with Gasteiger partial charge in [0.1, 0.15) is 18.0 Å². The van der Waals surface area contributed by atoms with E-state index in [1.165, 1.54) is 4.40 Å². The predicted octanol–water partition coefficient (Wildman–Crippen LogP) is 1.39. The van der Waals surface area contributed by atoms with Crippen LogP contribution in [0.5, 0.6) is 11.5 Å². The van der Waals surface area contributed by atoms with Gasteiger partial charge < -0.3 is 14.8 Å². The van der Waals surface area contributed by atoms with Gasteiger partial charge in [-0.25, -0.2) is 9.48 Å². The van der Waals surface area contributed by atoms with Crippen LogP contribution >= 0.6 is 0 Å². The van der Waals surface area contributed by atoms with Gasteiger partial charge in [-0.3, -0.25) is 9.20 Å². The van der Waals surface area contributed by atoms with Crippen LogP contribution in [0.1, 0.15) is 18.5 Å². The van der Waals surface area contributed by atoms with Crippen LogP contribution in [-0.4, -0.2) is 34.3 Å². The van der Waals surface area contributed by atoms with Crippen LogP contribution in [0.4, 0.5) is 0 Å². The van der Waals surface area contributed by atoms with Gasteiger partial charge in [0.15, 0.2) is 5.65 Å². The molecule has 136 valence electrons. The van der Waals surface area contributed by atoms with Crippen molar-refractivity contribution in [2.45, 2.75) is 19.5 Å². The van der Waals surface area contributed by atoms with Gasteiger partial charge in [0.2, 0.25) is 5.91 Å². The van der Waals surface area contributed by atoms with Gasteiger partial charge in [-0.2, -0.15) is 0 Å². The molecule has 0 fully saturated rings. The van der Waals surface area contributed by atoms with Crippen LogP contribution in [0.2, 0.25) is 0 Å². The number of rotatable bonds is 6. The van der Waals surface area contributed by atoms with Gasteiger partial charge in [-0.05, 0) is 37.3 Å². The second-order valence-corrected chi connectivity index (χ2v) is 5.77. The molecule has 0 aliphatic rings. The first kappa shape index (κ1) is 17.5. The molecule has 0 bridgehead atoms. The molecule has 3 rings (SSSR count). The van der Waals surface area contributed by atoms with E-state index in [-0.39, 0.29) is 24.2 Å². The standard InChI is InChI=1S/C18H20N4O4/c1-12(14-10-13(25-2)7-8-15(14)26-3)19-17(23)11-22-18(24)21-9-5-4-6-16(21)20-22/h4-10,12H,11H2,1-3H3,(H,19,23). The number of hydrogen-bond acceptors (Lipinski definition) is 5. The quantitative estimate of drug-likeness (QED) is 0.721. The number of amides is 1. The van der Waals surface area contributed by atoms with Crippen LogP contribution in [0.25, 0.3) is 5.65 Å². The van der Waals surface area contributed by atoms with Crippen molar-refractivity contribution >= 4 is 11.6 Å². The third-order valence-electron chi connectivity index (χ3n) is 4.06. The van der Waals surface area contributed by atoms with E-state index in [0.717, 1.165) is 10.2 Å². The summed E-state index contributed by atoms with van der Waals surface area (Å²) in [4.78, 5) is 24.6. The number of benzene rings is 1. The highest BCUT2D eigenvalue weighted by atomic mass is 16.5. The van der Waals surface area contributed by atoms with Gasteiger partial charge in [0, 0.05) is 11.8 Å². The van der Waals surface area contributed by atoms with Crippen molar-refractivity contribution in [3.8, 4) is 11.5 Å². The Labute approximate surface area is 150 Å². The summed E-state index contributed by atoms with van der Waals surface area (Å²) in [6, 6.07) is 10.3. The molecule has 2 aromatic heterocycles. The second kappa shape index (κ2) is 7.30. The fourth-order valence-corrected chi connectivity index (χ4v) is 2.75. The lowest BCUT2D eigenvalue weighted by atomic mass is 10.1. The smallest absolute Gasteiger partial charge is 0.350 e. The average Bonchev–Trinajstić information content (AvgIpc) is 2.96. The number of nitrogens with one attached hydrogen (secondary N) is 1. The van der Waals surface area contributed by atoms with E-state index in [9.17, 15) is 9.59 Å². The van der Waals surface area contributed by atoms with E-state index >= 15 is 0 Å². The van der Waals surface area contributed by atoms with Crippen molar-refractivity contribution in [1.82, 2.24) is 19.5 Å². The van der Waals surface area contributed by atoms with Crippen LogP contribution < -0.4 is 20.5 Å². The van der Waals surface area contributed by atoms with Crippen LogP contribution in [0, 0.1) is 0 Å². The molecule has 8 nitrogen and oxygen atoms in total. The number of nitrogens with zero attached hydrogens (tertiary/aromatic N) is 3. The number of hydrogen-bond donors (Lipinski definition) is 1. The summed E-state index contributed by atoms with van der Waals surface area (Å²) in [7, 11) is 3.14. The second-order valence-electron chi connectivity index (χ2n) is 5.77. The summed E-state index contributed by atoms with van der Waals surface area (Å²) in [5.41, 5.74) is 0.915. The Balaban J connectivity index is 1.77. The number of carbonyl (C=O) groups excluding carboxylic acids is 1. The van der Waals surface area contributed by atoms with Crippen molar-refractivity contribution in [2.24, 2.45) is 0 Å². The molecule has 1 unspecified atom stereocenters. The fraction of sp³-hybridized carbons (Fsp3) is 0.278. The molecule has 1 aromatic carbocycles. The first-order chi connectivity index (χ1) is 12.5. The summed E-state index contributed by atoms with van der Waals surface area (Å²) in [5.74, 6) is 0.981. The summed E-state index contributed by atoms with van der Waals surface area (Å²) in [6.07, 6.45) is 1.61. The van der Waals surface area contributed by atoms with Crippen LogP contribution in [0.3, 0.4) is 0 Å². The van der Waals surface area contributed by atoms with Gasteiger partial charge in [-0.1, -0.05) is 6.07 Å². The first-order valence-electron chi connectivity index (χ1n) is 8.09. The van der Waals surface area contributed by atoms with Gasteiger partial charge >= 0.3 is 5.69 Å². The zero-order chi connectivity index (χ0) is 18.7. The molecule has 1 N–H and O–H groups in total. The lowest BCUT2D eigenvalue weighted by molar-refractivity contribution is -0.122. The molecule has 26 heavy (non-hydrogen) atoms. The summed E-state index contributed by atoms with van der Waals surface area (Å²) >= 11 is 0. The number of methoxy groups -OCH3 is 2. The Kier molecular flexibility index (Phi) is 4.92.